The van der Waals surface area contributed by atoms with Crippen LogP contribution in [0.1, 0.15) is 10.7 Å². The topological polar surface area (TPSA) is 62.7 Å². The number of benzene rings is 1. The minimum Gasteiger partial charge on any atom is -0.330 e. The van der Waals surface area contributed by atoms with Crippen LogP contribution >= 0.6 is 22.9 Å². The molecule has 1 aromatic carbocycles. The molecule has 0 radical (unpaired) electrons. The first-order valence-corrected chi connectivity index (χ1v) is 6.30. The Morgan fingerprint density at radius 1 is 1.47 bits per heavy atom. The molecule has 0 atom stereocenters. The van der Waals surface area contributed by atoms with Crippen molar-refractivity contribution in [3.8, 4) is 16.5 Å². The van der Waals surface area contributed by atoms with Crippen molar-refractivity contribution in [3.63, 3.8) is 0 Å². The first-order chi connectivity index (χ1) is 8.24. The van der Waals surface area contributed by atoms with Gasteiger partial charge in [0.2, 0.25) is 0 Å². The lowest BCUT2D eigenvalue weighted by molar-refractivity contribution is 0.950. The number of rotatable bonds is 3. The average Bonchev–Trinajstić information content (AvgIpc) is 2.73. The average molecular weight is 264 g/mol. The van der Waals surface area contributed by atoms with Crippen LogP contribution in [0.25, 0.3) is 10.4 Å². The molecule has 3 nitrogen and oxygen atoms in total. The zero-order valence-corrected chi connectivity index (χ0v) is 10.6. The molecule has 0 aliphatic rings. The fraction of sp³-hybridized carbons (Fsp3) is 0.167. The molecule has 1 aromatic heterocycles. The second-order valence-electron chi connectivity index (χ2n) is 3.45. The third-order valence-electron chi connectivity index (χ3n) is 2.22. The Bertz CT molecular complexity index is 571. The maximum atomic E-state index is 9.06. The lowest BCUT2D eigenvalue weighted by Crippen LogP contribution is -2.01. The van der Waals surface area contributed by atoms with Crippen LogP contribution in [0.5, 0.6) is 0 Å². The Labute approximate surface area is 108 Å². The molecule has 0 amide bonds. The first-order valence-electron chi connectivity index (χ1n) is 5.10. The van der Waals surface area contributed by atoms with E-state index >= 15 is 0 Å². The van der Waals surface area contributed by atoms with Crippen molar-refractivity contribution in [2.75, 3.05) is 6.54 Å². The Balaban J connectivity index is 2.47. The molecular formula is C12H10ClN3S. The Kier molecular flexibility index (Phi) is 3.75. The Morgan fingerprint density at radius 2 is 2.29 bits per heavy atom. The van der Waals surface area contributed by atoms with E-state index in [9.17, 15) is 0 Å². The molecule has 2 aromatic rings. The van der Waals surface area contributed by atoms with Crippen LogP contribution in [0.2, 0.25) is 5.02 Å². The number of nitrogens with zero attached hydrogens (tertiary/aromatic N) is 2. The van der Waals surface area contributed by atoms with E-state index in [0.29, 0.717) is 23.7 Å². The predicted molar refractivity (Wildman–Crippen MR) is 70.0 cm³/mol. The van der Waals surface area contributed by atoms with E-state index in [4.69, 9.17) is 22.6 Å². The van der Waals surface area contributed by atoms with Crippen molar-refractivity contribution in [3.05, 3.63) is 40.0 Å². The highest BCUT2D eigenvalue weighted by molar-refractivity contribution is 7.15. The van der Waals surface area contributed by atoms with Gasteiger partial charge in [-0.3, -0.25) is 0 Å². The summed E-state index contributed by atoms with van der Waals surface area (Å²) in [6.07, 6.45) is 0.694. The molecular weight excluding hydrogens is 254 g/mol. The standard InChI is InChI=1S/C12H10ClN3S/c13-9-3-1-2-8(6-9)12-10(7-15)16-11(17-12)4-5-14/h1-3,6H,4-5,14H2. The van der Waals surface area contributed by atoms with Crippen LogP contribution in [0.15, 0.2) is 24.3 Å². The maximum absolute atomic E-state index is 9.06. The molecule has 0 aliphatic heterocycles. The Morgan fingerprint density at radius 3 is 2.94 bits per heavy atom. The van der Waals surface area contributed by atoms with E-state index in [1.54, 1.807) is 6.07 Å². The maximum Gasteiger partial charge on any atom is 0.159 e. The molecule has 0 aliphatic carbocycles. The Hall–Kier alpha value is -1.41. The third-order valence-corrected chi connectivity index (χ3v) is 3.62. The van der Waals surface area contributed by atoms with Crippen molar-refractivity contribution < 1.29 is 0 Å². The molecule has 0 saturated heterocycles. The van der Waals surface area contributed by atoms with Crippen LogP contribution in [0.3, 0.4) is 0 Å². The van der Waals surface area contributed by atoms with Crippen molar-refractivity contribution in [1.29, 1.82) is 5.26 Å². The first kappa shape index (κ1) is 12.1. The van der Waals surface area contributed by atoms with E-state index in [1.165, 1.54) is 11.3 Å². The summed E-state index contributed by atoms with van der Waals surface area (Å²) in [5.74, 6) is 0. The van der Waals surface area contributed by atoms with E-state index < -0.39 is 0 Å². The van der Waals surface area contributed by atoms with Crippen molar-refractivity contribution in [2.24, 2.45) is 5.73 Å². The van der Waals surface area contributed by atoms with Crippen molar-refractivity contribution in [2.45, 2.75) is 6.42 Å². The fourth-order valence-corrected chi connectivity index (χ4v) is 2.71. The normalized spacial score (nSPS) is 10.2. The molecule has 0 unspecified atom stereocenters. The molecule has 0 spiro atoms. The van der Waals surface area contributed by atoms with Crippen LogP contribution in [0, 0.1) is 11.3 Å². The number of nitrogens with two attached hydrogens (primary N) is 1. The fourth-order valence-electron chi connectivity index (χ4n) is 1.50. The zero-order valence-electron chi connectivity index (χ0n) is 8.98. The predicted octanol–water partition coefficient (Wildman–Crippen LogP) is 2.84. The molecule has 0 fully saturated rings. The van der Waals surface area contributed by atoms with Gasteiger partial charge in [-0.2, -0.15) is 5.26 Å². The highest BCUT2D eigenvalue weighted by atomic mass is 35.5. The molecule has 2 N–H and O–H groups in total. The van der Waals surface area contributed by atoms with E-state index in [-0.39, 0.29) is 0 Å². The number of thiazole rings is 1. The van der Waals surface area contributed by atoms with Crippen LogP contribution < -0.4 is 5.73 Å². The molecule has 86 valence electrons. The minimum absolute atomic E-state index is 0.445. The van der Waals surface area contributed by atoms with Gasteiger partial charge >= 0.3 is 0 Å². The van der Waals surface area contributed by atoms with Gasteiger partial charge in [0.15, 0.2) is 5.69 Å². The van der Waals surface area contributed by atoms with Gasteiger partial charge in [-0.25, -0.2) is 4.98 Å². The van der Waals surface area contributed by atoms with Gasteiger partial charge < -0.3 is 5.73 Å². The number of hydrogen-bond acceptors (Lipinski definition) is 4. The minimum atomic E-state index is 0.445. The number of aromatic nitrogens is 1. The highest BCUT2D eigenvalue weighted by Gasteiger charge is 2.12. The lowest BCUT2D eigenvalue weighted by atomic mass is 10.1. The molecule has 1 heterocycles. The van der Waals surface area contributed by atoms with Crippen molar-refractivity contribution in [1.82, 2.24) is 4.98 Å². The number of halogens is 1. The van der Waals surface area contributed by atoms with Gasteiger partial charge in [0.25, 0.3) is 0 Å². The monoisotopic (exact) mass is 263 g/mol. The zero-order chi connectivity index (χ0) is 12.3. The summed E-state index contributed by atoms with van der Waals surface area (Å²) in [5.41, 5.74) is 6.86. The van der Waals surface area contributed by atoms with Gasteiger partial charge in [0.1, 0.15) is 6.07 Å². The summed E-state index contributed by atoms with van der Waals surface area (Å²) in [4.78, 5) is 5.12. The van der Waals surface area contributed by atoms with Crippen molar-refractivity contribution >= 4 is 22.9 Å². The van der Waals surface area contributed by atoms with Gasteiger partial charge in [-0.05, 0) is 24.2 Å². The van der Waals surface area contributed by atoms with E-state index in [0.717, 1.165) is 15.4 Å². The summed E-state index contributed by atoms with van der Waals surface area (Å²) in [6.45, 7) is 0.535. The summed E-state index contributed by atoms with van der Waals surface area (Å²) >= 11 is 7.44. The molecule has 17 heavy (non-hydrogen) atoms. The number of hydrogen-bond donors (Lipinski definition) is 1. The van der Waals surface area contributed by atoms with Crippen LogP contribution in [0.4, 0.5) is 0 Å². The molecule has 0 saturated carbocycles. The SMILES string of the molecule is N#Cc1nc(CCN)sc1-c1cccc(Cl)c1. The molecule has 2 rings (SSSR count). The van der Waals surface area contributed by atoms with Gasteiger partial charge in [-0.1, -0.05) is 23.7 Å². The summed E-state index contributed by atoms with van der Waals surface area (Å²) in [6, 6.07) is 9.53. The summed E-state index contributed by atoms with van der Waals surface area (Å²) in [5, 5.41) is 10.6. The number of nitriles is 1. The third kappa shape index (κ3) is 2.64. The lowest BCUT2D eigenvalue weighted by Gasteiger charge is -1.97. The quantitative estimate of drug-likeness (QED) is 0.926. The smallest absolute Gasteiger partial charge is 0.159 e. The molecule has 5 heteroatoms. The summed E-state index contributed by atoms with van der Waals surface area (Å²) in [7, 11) is 0. The summed E-state index contributed by atoms with van der Waals surface area (Å²) < 4.78 is 0. The van der Waals surface area contributed by atoms with Gasteiger partial charge in [-0.15, -0.1) is 11.3 Å². The second-order valence-corrected chi connectivity index (χ2v) is 4.97. The molecule has 0 bridgehead atoms. The second kappa shape index (κ2) is 5.28. The van der Waals surface area contributed by atoms with E-state index in [2.05, 4.69) is 11.1 Å². The highest BCUT2D eigenvalue weighted by Crippen LogP contribution is 2.31. The van der Waals surface area contributed by atoms with Crippen LogP contribution in [-0.4, -0.2) is 11.5 Å². The van der Waals surface area contributed by atoms with Gasteiger partial charge in [0.05, 0.1) is 9.88 Å². The van der Waals surface area contributed by atoms with Crippen LogP contribution in [-0.2, 0) is 6.42 Å². The van der Waals surface area contributed by atoms with Gasteiger partial charge in [0, 0.05) is 11.4 Å². The largest absolute Gasteiger partial charge is 0.330 e. The van der Waals surface area contributed by atoms with E-state index in [1.807, 2.05) is 18.2 Å².